The standard InChI is InChI=1S/2C20H16N2O4.5C5H5N.U.2Zn/c2*23-17-9-3-5-13(19(17)25)11-21-15-7-1-2-8-16(15)22-12-14-6-4-10-18(24)20(14)26;5*1-2-4-6-5-3-1;;;/h2*1-12,23-26H;5*1-5H;;;/q;;;;;;;+4;2*+2/p-8. The fraction of sp³-hybridized carbons (Fsp3) is 0. The van der Waals surface area contributed by atoms with Gasteiger partial charge in [-0.2, -0.15) is 0 Å². The van der Waals surface area contributed by atoms with Gasteiger partial charge in [0.25, 0.3) is 0 Å². The SMILES string of the molecule is [O-]c1cccc(C=Nc2ccccc2N=Cc2cccc([O-])c2[O-])c1[O-].[O-]c1cccc(C=Nc2ccccc2N=Cc2cccc([O-])c2[O-])c1[O-].[U+4].[Zn+2].[Zn+2].c1ccncc1.c1ccncc1.c1ccncc1.c1ccncc1.c1ccncc1. The molecule has 0 radical (unpaired) electrons. The Morgan fingerprint density at radius 1 is 0.224 bits per heavy atom. The summed E-state index contributed by atoms with van der Waals surface area (Å²) >= 11 is 0. The first kappa shape index (κ1) is 71.6. The predicted octanol–water partition coefficient (Wildman–Crippen LogP) is 8.37. The summed E-state index contributed by atoms with van der Waals surface area (Å²) in [6.07, 6.45) is 22.7. The van der Waals surface area contributed by atoms with Crippen LogP contribution in [0.4, 0.5) is 22.7 Å². The van der Waals surface area contributed by atoms with Gasteiger partial charge < -0.3 is 40.9 Å². The molecule has 11 rings (SSSR count). The van der Waals surface area contributed by atoms with Gasteiger partial charge in [0.05, 0.1) is 22.7 Å². The molecule has 0 aliphatic heterocycles. The van der Waals surface area contributed by atoms with Gasteiger partial charge in [0, 0.05) is 86.8 Å². The van der Waals surface area contributed by atoms with E-state index in [1.807, 2.05) is 91.0 Å². The van der Waals surface area contributed by atoms with E-state index in [1.165, 1.54) is 97.7 Å². The minimum absolute atomic E-state index is 0. The Morgan fingerprint density at radius 2 is 0.400 bits per heavy atom. The van der Waals surface area contributed by atoms with Crippen LogP contribution < -0.4 is 40.9 Å². The van der Waals surface area contributed by atoms with Gasteiger partial charge in [0.2, 0.25) is 0 Å². The van der Waals surface area contributed by atoms with E-state index in [2.05, 4.69) is 44.9 Å². The first-order valence-electron chi connectivity index (χ1n) is 24.6. The van der Waals surface area contributed by atoms with Gasteiger partial charge in [-0.15, -0.1) is 46.0 Å². The maximum Gasteiger partial charge on any atom is 4.00 e. The van der Waals surface area contributed by atoms with Crippen LogP contribution in [0.3, 0.4) is 0 Å². The van der Waals surface area contributed by atoms with Crippen LogP contribution in [0.25, 0.3) is 0 Å². The Balaban J connectivity index is 0.000000381. The van der Waals surface area contributed by atoms with Crippen LogP contribution in [0, 0.1) is 31.1 Å². The quantitative estimate of drug-likeness (QED) is 0.102. The third-order valence-corrected chi connectivity index (χ3v) is 10.0. The maximum atomic E-state index is 11.8. The molecule has 17 nitrogen and oxygen atoms in total. The summed E-state index contributed by atoms with van der Waals surface area (Å²) in [6.45, 7) is 0. The second-order valence-electron chi connectivity index (χ2n) is 15.8. The van der Waals surface area contributed by atoms with Crippen LogP contribution in [0.15, 0.2) is 294 Å². The molecule has 5 heterocycles. The molecule has 20 heteroatoms. The summed E-state index contributed by atoms with van der Waals surface area (Å²) in [6, 6.07) is 59.0. The normalized spacial score (nSPS) is 9.79. The molecule has 0 bridgehead atoms. The van der Waals surface area contributed by atoms with Gasteiger partial charge in [0.15, 0.2) is 0 Å². The third kappa shape index (κ3) is 27.9. The maximum absolute atomic E-state index is 11.8. The molecule has 5 aromatic heterocycles. The van der Waals surface area contributed by atoms with Crippen molar-refractivity contribution >= 4 is 47.6 Å². The van der Waals surface area contributed by atoms with E-state index in [1.54, 1.807) is 110 Å². The smallest absolute Gasteiger partial charge is 0.873 e. The first-order chi connectivity index (χ1) is 40.1. The van der Waals surface area contributed by atoms with Crippen LogP contribution >= 0.6 is 0 Å². The topological polar surface area (TPSA) is 298 Å². The first-order valence-corrected chi connectivity index (χ1v) is 24.6. The Bertz CT molecular complexity index is 3020. The van der Waals surface area contributed by atoms with E-state index in [-0.39, 0.29) is 92.3 Å². The number of para-hydroxylation sites is 8. The molecule has 0 fully saturated rings. The Hall–Kier alpha value is -9.55. The molecule has 0 spiro atoms. The number of hydrogen-bond acceptors (Lipinski definition) is 17. The summed E-state index contributed by atoms with van der Waals surface area (Å²) in [5.41, 5.74) is 2.51. The van der Waals surface area contributed by atoms with Crippen molar-refractivity contribution in [2.75, 3.05) is 0 Å². The largest absolute Gasteiger partial charge is 4.00 e. The van der Waals surface area contributed by atoms with Crippen LogP contribution in [-0.4, -0.2) is 49.8 Å². The van der Waals surface area contributed by atoms with Gasteiger partial charge in [-0.05, 0) is 107 Å². The van der Waals surface area contributed by atoms with E-state index in [0.717, 1.165) is 0 Å². The van der Waals surface area contributed by atoms with E-state index in [9.17, 15) is 40.9 Å². The number of nitrogens with zero attached hydrogens (tertiary/aromatic N) is 9. The van der Waals surface area contributed by atoms with Gasteiger partial charge in [-0.1, -0.05) is 127 Å². The van der Waals surface area contributed by atoms with Crippen molar-refractivity contribution < 1.29 is 111 Å². The summed E-state index contributed by atoms with van der Waals surface area (Å²) in [4.78, 5) is 35.8. The summed E-state index contributed by atoms with van der Waals surface area (Å²) in [5, 5.41) is 92.6. The molecular formula is C65H49N9O8UZn2. The number of aliphatic imine (C=N–C) groups is 4. The fourth-order valence-electron chi connectivity index (χ4n) is 6.02. The molecule has 0 unspecified atom stereocenters. The zero-order chi connectivity index (χ0) is 58.2. The van der Waals surface area contributed by atoms with Crippen LogP contribution in [0.2, 0.25) is 0 Å². The molecule has 0 saturated carbocycles. The zero-order valence-electron chi connectivity index (χ0n) is 45.5. The molecule has 410 valence electrons. The third-order valence-electron chi connectivity index (χ3n) is 10.0. The number of aromatic nitrogens is 5. The van der Waals surface area contributed by atoms with Crippen LogP contribution in [-0.2, 0) is 39.0 Å². The van der Waals surface area contributed by atoms with Gasteiger partial charge >= 0.3 is 70.1 Å². The molecule has 0 amide bonds. The molecule has 6 aromatic carbocycles. The van der Waals surface area contributed by atoms with Gasteiger partial charge in [-0.3, -0.25) is 44.9 Å². The minimum atomic E-state index is -0.625. The van der Waals surface area contributed by atoms with E-state index in [4.69, 9.17) is 0 Å². The van der Waals surface area contributed by atoms with Crippen LogP contribution in [0.5, 0.6) is 46.0 Å². The molecule has 0 N–H and O–H groups in total. The van der Waals surface area contributed by atoms with E-state index >= 15 is 0 Å². The van der Waals surface area contributed by atoms with Crippen molar-refractivity contribution in [2.24, 2.45) is 20.0 Å². The Kier molecular flexibility index (Phi) is 36.3. The molecule has 11 aromatic rings. The van der Waals surface area contributed by atoms with Crippen LogP contribution in [0.1, 0.15) is 22.3 Å². The van der Waals surface area contributed by atoms with Gasteiger partial charge in [-0.25, -0.2) is 0 Å². The van der Waals surface area contributed by atoms with Crippen molar-refractivity contribution in [2.45, 2.75) is 0 Å². The molecule has 85 heavy (non-hydrogen) atoms. The average molecular weight is 1450 g/mol. The summed E-state index contributed by atoms with van der Waals surface area (Å²) < 4.78 is 0. The van der Waals surface area contributed by atoms with Gasteiger partial charge in [0.1, 0.15) is 0 Å². The van der Waals surface area contributed by atoms with E-state index < -0.39 is 46.0 Å². The number of pyridine rings is 5. The van der Waals surface area contributed by atoms with Crippen molar-refractivity contribution in [3.05, 3.63) is 297 Å². The van der Waals surface area contributed by atoms with E-state index in [0.29, 0.717) is 22.7 Å². The molecular weight excluding hydrogens is 1400 g/mol. The molecule has 0 atom stereocenters. The summed E-state index contributed by atoms with van der Waals surface area (Å²) in [7, 11) is 0. The average Bonchev–Trinajstić information content (AvgIpc) is 3.74. The zero-order valence-corrected chi connectivity index (χ0v) is 55.6. The number of benzene rings is 6. The van der Waals surface area contributed by atoms with Crippen molar-refractivity contribution in [3.8, 4) is 46.0 Å². The Morgan fingerprint density at radius 3 is 0.541 bits per heavy atom. The second kappa shape index (κ2) is 43.2. The van der Waals surface area contributed by atoms with Crippen molar-refractivity contribution in [3.63, 3.8) is 0 Å². The summed E-state index contributed by atoms with van der Waals surface area (Å²) in [5.74, 6) is -4.88. The predicted molar refractivity (Wildman–Crippen MR) is 304 cm³/mol. The minimum Gasteiger partial charge on any atom is -0.873 e. The fourth-order valence-corrected chi connectivity index (χ4v) is 6.02. The number of rotatable bonds is 8. The Labute approximate surface area is 541 Å². The van der Waals surface area contributed by atoms with Crippen molar-refractivity contribution in [1.82, 2.24) is 24.9 Å². The monoisotopic (exact) mass is 1450 g/mol. The molecule has 0 saturated heterocycles. The van der Waals surface area contributed by atoms with Crippen molar-refractivity contribution in [1.29, 1.82) is 0 Å². The molecule has 0 aliphatic carbocycles. The molecule has 0 aliphatic rings. The second-order valence-corrected chi connectivity index (χ2v) is 15.8. The number of hydrogen-bond donors (Lipinski definition) is 0.